The minimum atomic E-state index is -0.375. The molecule has 0 spiro atoms. The highest BCUT2D eigenvalue weighted by Gasteiger charge is 2.07. The van der Waals surface area contributed by atoms with E-state index in [0.29, 0.717) is 18.0 Å². The number of anilines is 2. The van der Waals surface area contributed by atoms with Crippen LogP contribution in [0.25, 0.3) is 0 Å². The molecule has 0 aromatic heterocycles. The molecule has 17 heavy (non-hydrogen) atoms. The highest BCUT2D eigenvalue weighted by atomic mass is 16.5. The van der Waals surface area contributed by atoms with E-state index in [2.05, 4.69) is 0 Å². The van der Waals surface area contributed by atoms with Crippen molar-refractivity contribution >= 4 is 17.3 Å². The molecule has 0 aliphatic rings. The topological polar surface area (TPSA) is 81.6 Å². The van der Waals surface area contributed by atoms with Crippen LogP contribution in [0.3, 0.4) is 0 Å². The first-order valence-electron chi connectivity index (χ1n) is 5.56. The Morgan fingerprint density at radius 1 is 1.47 bits per heavy atom. The number of rotatable bonds is 6. The van der Waals surface area contributed by atoms with Crippen molar-refractivity contribution < 1.29 is 9.53 Å². The Kier molecular flexibility index (Phi) is 4.63. The number of ether oxygens (including phenoxy) is 1. The maximum Gasteiger partial charge on any atom is 0.236 e. The van der Waals surface area contributed by atoms with Gasteiger partial charge in [-0.1, -0.05) is 6.92 Å². The summed E-state index contributed by atoms with van der Waals surface area (Å²) in [5.74, 6) is 0.265. The van der Waals surface area contributed by atoms with Crippen LogP contribution in [0, 0.1) is 0 Å². The molecule has 1 aromatic rings. The maximum atomic E-state index is 10.8. The zero-order valence-corrected chi connectivity index (χ0v) is 10.3. The number of carbonyl (C=O) groups is 1. The highest BCUT2D eigenvalue weighted by molar-refractivity contribution is 5.79. The maximum absolute atomic E-state index is 10.8. The molecule has 0 radical (unpaired) electrons. The van der Waals surface area contributed by atoms with Gasteiger partial charge in [0.1, 0.15) is 5.75 Å². The highest BCUT2D eigenvalue weighted by Crippen LogP contribution is 2.27. The van der Waals surface area contributed by atoms with Crippen molar-refractivity contribution in [1.82, 2.24) is 0 Å². The van der Waals surface area contributed by atoms with Gasteiger partial charge in [-0.3, -0.25) is 4.79 Å². The smallest absolute Gasteiger partial charge is 0.236 e. The molecule has 4 N–H and O–H groups in total. The molecule has 1 amide bonds. The molecular formula is C12H19N3O2. The standard InChI is InChI=1S/C12H19N3O2/c1-3-6-17-11-7-9(4-5-10(11)13)15(2)8-12(14)16/h4-5,7H,3,6,8,13H2,1-2H3,(H2,14,16). The number of nitrogens with two attached hydrogens (primary N) is 2. The lowest BCUT2D eigenvalue weighted by Crippen LogP contribution is -2.30. The zero-order valence-electron chi connectivity index (χ0n) is 10.3. The van der Waals surface area contributed by atoms with E-state index in [1.807, 2.05) is 19.1 Å². The second-order valence-corrected chi connectivity index (χ2v) is 3.89. The van der Waals surface area contributed by atoms with Crippen LogP contribution in [0.1, 0.15) is 13.3 Å². The average Bonchev–Trinajstić information content (AvgIpc) is 2.27. The number of nitrogen functional groups attached to an aromatic ring is 1. The molecule has 0 aliphatic carbocycles. The molecule has 94 valence electrons. The minimum absolute atomic E-state index is 0.164. The fraction of sp³-hybridized carbons (Fsp3) is 0.417. The minimum Gasteiger partial charge on any atom is -0.491 e. The van der Waals surface area contributed by atoms with Crippen molar-refractivity contribution in [3.8, 4) is 5.75 Å². The number of hydrogen-bond acceptors (Lipinski definition) is 4. The van der Waals surface area contributed by atoms with Crippen molar-refractivity contribution in [2.75, 3.05) is 30.8 Å². The lowest BCUT2D eigenvalue weighted by molar-refractivity contribution is -0.116. The second-order valence-electron chi connectivity index (χ2n) is 3.89. The molecule has 0 saturated heterocycles. The molecule has 1 aromatic carbocycles. The van der Waals surface area contributed by atoms with E-state index in [0.717, 1.165) is 12.1 Å². The predicted molar refractivity (Wildman–Crippen MR) is 69.1 cm³/mol. The number of primary amides is 1. The van der Waals surface area contributed by atoms with Gasteiger partial charge in [-0.15, -0.1) is 0 Å². The second kappa shape index (κ2) is 5.98. The van der Waals surface area contributed by atoms with Gasteiger partial charge in [0.2, 0.25) is 5.91 Å². The number of likely N-dealkylation sites (N-methyl/N-ethyl adjacent to an activating group) is 1. The summed E-state index contributed by atoms with van der Waals surface area (Å²) in [4.78, 5) is 12.6. The van der Waals surface area contributed by atoms with Crippen molar-refractivity contribution in [2.45, 2.75) is 13.3 Å². The lowest BCUT2D eigenvalue weighted by atomic mass is 10.2. The van der Waals surface area contributed by atoms with Gasteiger partial charge in [0.25, 0.3) is 0 Å². The number of hydrogen-bond donors (Lipinski definition) is 2. The first-order chi connectivity index (χ1) is 8.04. The fourth-order valence-electron chi connectivity index (χ4n) is 1.42. The molecular weight excluding hydrogens is 218 g/mol. The van der Waals surface area contributed by atoms with Gasteiger partial charge in [-0.2, -0.15) is 0 Å². The number of amides is 1. The van der Waals surface area contributed by atoms with E-state index >= 15 is 0 Å². The van der Waals surface area contributed by atoms with Gasteiger partial charge in [-0.25, -0.2) is 0 Å². The molecule has 0 fully saturated rings. The summed E-state index contributed by atoms with van der Waals surface area (Å²) < 4.78 is 5.51. The molecule has 0 saturated carbocycles. The average molecular weight is 237 g/mol. The quantitative estimate of drug-likeness (QED) is 0.723. The van der Waals surface area contributed by atoms with E-state index in [4.69, 9.17) is 16.2 Å². The number of benzene rings is 1. The third-order valence-corrected chi connectivity index (χ3v) is 2.29. The van der Waals surface area contributed by atoms with Crippen molar-refractivity contribution in [3.63, 3.8) is 0 Å². The Morgan fingerprint density at radius 2 is 2.18 bits per heavy atom. The van der Waals surface area contributed by atoms with Crippen LogP contribution in [-0.2, 0) is 4.79 Å². The molecule has 0 bridgehead atoms. The Balaban J connectivity index is 2.83. The van der Waals surface area contributed by atoms with Crippen molar-refractivity contribution in [3.05, 3.63) is 18.2 Å². The van der Waals surface area contributed by atoms with E-state index in [9.17, 15) is 4.79 Å². The van der Waals surface area contributed by atoms with Crippen LogP contribution in [-0.4, -0.2) is 26.1 Å². The first kappa shape index (κ1) is 13.2. The van der Waals surface area contributed by atoms with Crippen LogP contribution in [0.15, 0.2) is 18.2 Å². The first-order valence-corrected chi connectivity index (χ1v) is 5.56. The molecule has 1 rings (SSSR count). The summed E-state index contributed by atoms with van der Waals surface area (Å²) in [6.45, 7) is 2.81. The van der Waals surface area contributed by atoms with Crippen LogP contribution < -0.4 is 21.1 Å². The summed E-state index contributed by atoms with van der Waals surface area (Å²) in [6, 6.07) is 5.41. The summed E-state index contributed by atoms with van der Waals surface area (Å²) >= 11 is 0. The van der Waals surface area contributed by atoms with Crippen LogP contribution >= 0.6 is 0 Å². The normalized spacial score (nSPS) is 10.0. The molecule has 0 unspecified atom stereocenters. The molecule has 5 heteroatoms. The Morgan fingerprint density at radius 3 is 2.76 bits per heavy atom. The number of nitrogens with zero attached hydrogens (tertiary/aromatic N) is 1. The van der Waals surface area contributed by atoms with Gasteiger partial charge >= 0.3 is 0 Å². The van der Waals surface area contributed by atoms with Crippen molar-refractivity contribution in [2.24, 2.45) is 5.73 Å². The van der Waals surface area contributed by atoms with E-state index < -0.39 is 0 Å². The van der Waals surface area contributed by atoms with E-state index in [-0.39, 0.29) is 12.5 Å². The van der Waals surface area contributed by atoms with Gasteiger partial charge in [0.15, 0.2) is 0 Å². The SMILES string of the molecule is CCCOc1cc(N(C)CC(N)=O)ccc1N. The molecule has 0 atom stereocenters. The van der Waals surface area contributed by atoms with E-state index in [1.54, 1.807) is 18.0 Å². The third kappa shape index (κ3) is 3.86. The van der Waals surface area contributed by atoms with Crippen LogP contribution in [0.4, 0.5) is 11.4 Å². The summed E-state index contributed by atoms with van der Waals surface area (Å²) in [5, 5.41) is 0. The fourth-order valence-corrected chi connectivity index (χ4v) is 1.42. The molecule has 0 aliphatic heterocycles. The van der Waals surface area contributed by atoms with E-state index in [1.165, 1.54) is 0 Å². The van der Waals surface area contributed by atoms with Gasteiger partial charge in [0.05, 0.1) is 18.8 Å². The number of carbonyl (C=O) groups excluding carboxylic acids is 1. The Labute approximate surface area is 101 Å². The van der Waals surface area contributed by atoms with Gasteiger partial charge in [0, 0.05) is 18.8 Å². The monoisotopic (exact) mass is 237 g/mol. The zero-order chi connectivity index (χ0) is 12.8. The van der Waals surface area contributed by atoms with Crippen molar-refractivity contribution in [1.29, 1.82) is 0 Å². The summed E-state index contributed by atoms with van der Waals surface area (Å²) in [5.41, 5.74) is 12.4. The predicted octanol–water partition coefficient (Wildman–Crippen LogP) is 0.979. The van der Waals surface area contributed by atoms with Gasteiger partial charge in [-0.05, 0) is 18.6 Å². The third-order valence-electron chi connectivity index (χ3n) is 2.29. The summed E-state index contributed by atoms with van der Waals surface area (Å²) in [6.07, 6.45) is 0.917. The summed E-state index contributed by atoms with van der Waals surface area (Å²) in [7, 11) is 1.79. The molecule has 5 nitrogen and oxygen atoms in total. The van der Waals surface area contributed by atoms with Crippen LogP contribution in [0.2, 0.25) is 0 Å². The largest absolute Gasteiger partial charge is 0.491 e. The molecule has 0 heterocycles. The van der Waals surface area contributed by atoms with Crippen LogP contribution in [0.5, 0.6) is 5.75 Å². The lowest BCUT2D eigenvalue weighted by Gasteiger charge is -2.19. The van der Waals surface area contributed by atoms with Gasteiger partial charge < -0.3 is 21.1 Å². The Hall–Kier alpha value is -1.91. The Bertz CT molecular complexity index is 393.